The predicted molar refractivity (Wildman–Crippen MR) is 108 cm³/mol. The van der Waals surface area contributed by atoms with Gasteiger partial charge in [-0.2, -0.15) is 21.6 Å². The number of fused-ring (bicyclic) bond motifs is 1. The largest absolute Gasteiger partial charge is 0.534 e. The molecule has 4 rings (SSSR count). The third-order valence-electron chi connectivity index (χ3n) is 5.47. The molecule has 0 N–H and O–H groups in total. The maximum atomic E-state index is 12.6. The van der Waals surface area contributed by atoms with Crippen molar-refractivity contribution in [1.29, 1.82) is 0 Å². The molecule has 0 amide bonds. The summed E-state index contributed by atoms with van der Waals surface area (Å²) in [5, 5.41) is 0. The highest BCUT2D eigenvalue weighted by Crippen LogP contribution is 2.46. The Bertz CT molecular complexity index is 1120. The summed E-state index contributed by atoms with van der Waals surface area (Å²) in [7, 11) is -5.69. The quantitative estimate of drug-likeness (QED) is 0.388. The second kappa shape index (κ2) is 7.80. The second-order valence-corrected chi connectivity index (χ2v) is 8.82. The number of hydrogen-bond donors (Lipinski definition) is 0. The van der Waals surface area contributed by atoms with Crippen LogP contribution in [0.1, 0.15) is 40.5 Å². The fourth-order valence-electron chi connectivity index (χ4n) is 4.14. The molecule has 0 saturated carbocycles. The van der Waals surface area contributed by atoms with E-state index >= 15 is 0 Å². The smallest absolute Gasteiger partial charge is 0.376 e. The highest BCUT2D eigenvalue weighted by atomic mass is 32.2. The summed E-state index contributed by atoms with van der Waals surface area (Å²) in [4.78, 5) is 0. The van der Waals surface area contributed by atoms with E-state index < -0.39 is 15.6 Å². The van der Waals surface area contributed by atoms with Crippen molar-refractivity contribution in [1.82, 2.24) is 0 Å². The molecule has 30 heavy (non-hydrogen) atoms. The minimum absolute atomic E-state index is 0.00521. The lowest BCUT2D eigenvalue weighted by atomic mass is 9.69. The first kappa shape index (κ1) is 20.5. The molecule has 0 bridgehead atoms. The Hall–Kier alpha value is -2.80. The summed E-state index contributed by atoms with van der Waals surface area (Å²) in [5.41, 5.74) is -0.958. The van der Waals surface area contributed by atoms with Gasteiger partial charge in [0.1, 0.15) is 5.75 Å². The lowest BCUT2D eigenvalue weighted by molar-refractivity contribution is -0.0500. The minimum Gasteiger partial charge on any atom is -0.376 e. The van der Waals surface area contributed by atoms with Crippen molar-refractivity contribution >= 4 is 10.1 Å². The fourth-order valence-corrected chi connectivity index (χ4v) is 4.59. The van der Waals surface area contributed by atoms with Crippen molar-refractivity contribution in [2.24, 2.45) is 0 Å². The van der Waals surface area contributed by atoms with Crippen molar-refractivity contribution in [2.75, 3.05) is 0 Å². The maximum absolute atomic E-state index is 12.6. The van der Waals surface area contributed by atoms with Crippen LogP contribution in [0.15, 0.2) is 78.9 Å². The number of aryl methyl sites for hydroxylation is 1. The Balaban J connectivity index is 1.71. The third-order valence-corrected chi connectivity index (χ3v) is 6.45. The maximum Gasteiger partial charge on any atom is 0.534 e. The van der Waals surface area contributed by atoms with Crippen molar-refractivity contribution in [3.63, 3.8) is 0 Å². The molecule has 0 saturated heterocycles. The van der Waals surface area contributed by atoms with Crippen LogP contribution in [-0.4, -0.2) is 13.9 Å². The van der Waals surface area contributed by atoms with Gasteiger partial charge < -0.3 is 4.18 Å². The summed E-state index contributed by atoms with van der Waals surface area (Å²) in [6, 6.07) is 24.1. The van der Waals surface area contributed by atoms with Crippen molar-refractivity contribution in [3.8, 4) is 5.75 Å². The van der Waals surface area contributed by atoms with E-state index in [0.717, 1.165) is 18.4 Å². The SMILES string of the molecule is O=S(=O)(Oc1ccc(C2c3ccccc3CCC2c2ccccc2)cc1)C(F)(F)F. The van der Waals surface area contributed by atoms with Gasteiger partial charge in [-0.05, 0) is 53.1 Å². The highest BCUT2D eigenvalue weighted by molar-refractivity contribution is 7.88. The molecule has 0 radical (unpaired) electrons. The van der Waals surface area contributed by atoms with Crippen molar-refractivity contribution in [3.05, 3.63) is 101 Å². The predicted octanol–water partition coefficient (Wildman–Crippen LogP) is 5.78. The first-order chi connectivity index (χ1) is 14.3. The van der Waals surface area contributed by atoms with Gasteiger partial charge in [-0.25, -0.2) is 0 Å². The molecule has 0 heterocycles. The van der Waals surface area contributed by atoms with Crippen LogP contribution < -0.4 is 4.18 Å². The zero-order chi connectivity index (χ0) is 21.4. The van der Waals surface area contributed by atoms with Crippen LogP contribution in [0.3, 0.4) is 0 Å². The molecule has 1 aliphatic rings. The summed E-state index contributed by atoms with van der Waals surface area (Å²) < 4.78 is 64.5. The zero-order valence-corrected chi connectivity index (χ0v) is 16.7. The van der Waals surface area contributed by atoms with Gasteiger partial charge in [0.15, 0.2) is 0 Å². The summed E-state index contributed by atoms with van der Waals surface area (Å²) in [5.74, 6) is -0.158. The van der Waals surface area contributed by atoms with Crippen LogP contribution in [0, 0.1) is 0 Å². The van der Waals surface area contributed by atoms with Gasteiger partial charge in [-0.3, -0.25) is 0 Å². The molecule has 156 valence electrons. The minimum atomic E-state index is -5.69. The Morgan fingerprint density at radius 1 is 0.800 bits per heavy atom. The molecule has 2 atom stereocenters. The number of halogens is 3. The first-order valence-electron chi connectivity index (χ1n) is 9.50. The number of rotatable bonds is 4. The Labute approximate surface area is 173 Å². The molecule has 3 aromatic carbocycles. The number of alkyl halides is 3. The Morgan fingerprint density at radius 2 is 1.43 bits per heavy atom. The standard InChI is InChI=1S/C23H19F3O3S/c24-23(25,26)30(27,28)29-19-13-10-18(11-14-19)22-20-9-5-4-8-17(20)12-15-21(22)16-6-2-1-3-7-16/h1-11,13-14,21-22H,12,15H2. The van der Waals surface area contributed by atoms with Crippen LogP contribution in [0.4, 0.5) is 13.2 Å². The van der Waals surface area contributed by atoms with E-state index in [9.17, 15) is 21.6 Å². The molecule has 1 aliphatic carbocycles. The molecule has 0 aliphatic heterocycles. The van der Waals surface area contributed by atoms with E-state index in [1.165, 1.54) is 28.8 Å². The fraction of sp³-hybridized carbons (Fsp3) is 0.217. The van der Waals surface area contributed by atoms with Crippen LogP contribution in [0.2, 0.25) is 0 Å². The van der Waals surface area contributed by atoms with Crippen LogP contribution in [0.25, 0.3) is 0 Å². The average Bonchev–Trinajstić information content (AvgIpc) is 2.73. The molecule has 3 nitrogen and oxygen atoms in total. The average molecular weight is 432 g/mol. The summed E-state index contributed by atoms with van der Waals surface area (Å²) in [6.45, 7) is 0. The number of hydrogen-bond acceptors (Lipinski definition) is 3. The van der Waals surface area contributed by atoms with Gasteiger partial charge in [-0.15, -0.1) is 0 Å². The molecular weight excluding hydrogens is 413 g/mol. The molecule has 3 aromatic rings. The van der Waals surface area contributed by atoms with E-state index in [1.54, 1.807) is 12.1 Å². The van der Waals surface area contributed by atoms with E-state index in [1.807, 2.05) is 30.3 Å². The Kier molecular flexibility index (Phi) is 5.32. The molecule has 0 spiro atoms. The third kappa shape index (κ3) is 3.94. The number of benzene rings is 3. The van der Waals surface area contributed by atoms with Gasteiger partial charge in [-0.1, -0.05) is 66.7 Å². The topological polar surface area (TPSA) is 43.4 Å². The lowest BCUT2D eigenvalue weighted by Gasteiger charge is -2.34. The summed E-state index contributed by atoms with van der Waals surface area (Å²) in [6.07, 6.45) is 1.88. The Morgan fingerprint density at radius 3 is 2.10 bits per heavy atom. The summed E-state index contributed by atoms with van der Waals surface area (Å²) >= 11 is 0. The highest BCUT2D eigenvalue weighted by Gasteiger charge is 2.48. The molecule has 7 heteroatoms. The van der Waals surface area contributed by atoms with Gasteiger partial charge in [0.2, 0.25) is 0 Å². The molecule has 2 unspecified atom stereocenters. The molecule has 0 fully saturated rings. The van der Waals surface area contributed by atoms with Gasteiger partial charge in [0.05, 0.1) is 0 Å². The van der Waals surface area contributed by atoms with Crippen LogP contribution >= 0.6 is 0 Å². The van der Waals surface area contributed by atoms with E-state index in [0.29, 0.717) is 0 Å². The molecular formula is C23H19F3O3S. The van der Waals surface area contributed by atoms with Crippen LogP contribution in [0.5, 0.6) is 5.75 Å². The van der Waals surface area contributed by atoms with Crippen LogP contribution in [-0.2, 0) is 16.5 Å². The van der Waals surface area contributed by atoms with Gasteiger partial charge >= 0.3 is 15.6 Å². The second-order valence-electron chi connectivity index (χ2n) is 7.28. The van der Waals surface area contributed by atoms with Crippen molar-refractivity contribution < 1.29 is 25.8 Å². The van der Waals surface area contributed by atoms with Crippen molar-refractivity contribution in [2.45, 2.75) is 30.2 Å². The van der Waals surface area contributed by atoms with E-state index in [-0.39, 0.29) is 17.6 Å². The normalized spacial score (nSPS) is 19.2. The lowest BCUT2D eigenvalue weighted by Crippen LogP contribution is -2.28. The first-order valence-corrected chi connectivity index (χ1v) is 10.9. The monoisotopic (exact) mass is 432 g/mol. The zero-order valence-electron chi connectivity index (χ0n) is 15.8. The van der Waals surface area contributed by atoms with E-state index in [4.69, 9.17) is 0 Å². The van der Waals surface area contributed by atoms with Gasteiger partial charge in [0.25, 0.3) is 0 Å². The van der Waals surface area contributed by atoms with Gasteiger partial charge in [0, 0.05) is 5.92 Å². The molecule has 0 aromatic heterocycles. The van der Waals surface area contributed by atoms with E-state index in [2.05, 4.69) is 28.4 Å².